The Morgan fingerprint density at radius 2 is 2.31 bits per heavy atom. The van der Waals surface area contributed by atoms with Crippen LogP contribution in [0.2, 0.25) is 0 Å². The number of anilines is 1. The Balaban J connectivity index is 1.94. The van der Waals surface area contributed by atoms with E-state index in [1.807, 2.05) is 17.8 Å². The number of hydrogen-bond acceptors (Lipinski definition) is 4. The van der Waals surface area contributed by atoms with Crippen molar-refractivity contribution in [2.24, 2.45) is 0 Å². The second-order valence-electron chi connectivity index (χ2n) is 4.09. The van der Waals surface area contributed by atoms with Crippen LogP contribution in [0, 0.1) is 0 Å². The molecule has 1 aliphatic carbocycles. The van der Waals surface area contributed by atoms with Crippen LogP contribution in [0.1, 0.15) is 25.7 Å². The molecular weight excluding hydrogens is 286 g/mol. The first-order valence-electron chi connectivity index (χ1n) is 5.55. The number of nitrogens with one attached hydrogen (secondary N) is 1. The molecule has 0 aromatic carbocycles. The van der Waals surface area contributed by atoms with Gasteiger partial charge in [-0.2, -0.15) is 11.8 Å². The van der Waals surface area contributed by atoms with Crippen molar-refractivity contribution >= 4 is 33.5 Å². The van der Waals surface area contributed by atoms with Crippen molar-refractivity contribution in [3.05, 3.63) is 17.0 Å². The van der Waals surface area contributed by atoms with Gasteiger partial charge in [0, 0.05) is 17.4 Å². The van der Waals surface area contributed by atoms with Gasteiger partial charge in [-0.1, -0.05) is 6.42 Å². The molecule has 2 rings (SSSR count). The molecule has 0 bridgehead atoms. The topological polar surface area (TPSA) is 37.8 Å². The van der Waals surface area contributed by atoms with E-state index in [9.17, 15) is 0 Å². The standard InChI is InChI=1S/C11H16BrN3S/c1-16-9-4-2-3-8(5-9)15-11-6-10(12)13-7-14-11/h6-9H,2-5H2,1H3,(H,13,14,15). The van der Waals surface area contributed by atoms with E-state index in [-0.39, 0.29) is 0 Å². The third-order valence-electron chi connectivity index (χ3n) is 2.95. The second-order valence-corrected chi connectivity index (χ2v) is 6.04. The van der Waals surface area contributed by atoms with Gasteiger partial charge < -0.3 is 5.32 Å². The molecule has 0 amide bonds. The van der Waals surface area contributed by atoms with Crippen LogP contribution in [0.4, 0.5) is 5.82 Å². The van der Waals surface area contributed by atoms with Crippen LogP contribution in [0.25, 0.3) is 0 Å². The smallest absolute Gasteiger partial charge is 0.130 e. The molecule has 1 heterocycles. The van der Waals surface area contributed by atoms with Gasteiger partial charge in [-0.05, 0) is 41.4 Å². The Morgan fingerprint density at radius 1 is 1.44 bits per heavy atom. The van der Waals surface area contributed by atoms with Crippen LogP contribution < -0.4 is 5.32 Å². The number of hydrogen-bond donors (Lipinski definition) is 1. The molecule has 1 aromatic rings. The van der Waals surface area contributed by atoms with Crippen molar-refractivity contribution in [2.75, 3.05) is 11.6 Å². The summed E-state index contributed by atoms with van der Waals surface area (Å²) >= 11 is 5.34. The van der Waals surface area contributed by atoms with Gasteiger partial charge in [-0.15, -0.1) is 0 Å². The molecule has 0 radical (unpaired) electrons. The largest absolute Gasteiger partial charge is 0.367 e. The molecule has 0 aliphatic heterocycles. The number of nitrogens with zero attached hydrogens (tertiary/aromatic N) is 2. The molecule has 5 heteroatoms. The number of rotatable bonds is 3. The van der Waals surface area contributed by atoms with E-state index >= 15 is 0 Å². The quantitative estimate of drug-likeness (QED) is 0.869. The summed E-state index contributed by atoms with van der Waals surface area (Å²) in [5, 5.41) is 4.29. The molecule has 3 nitrogen and oxygen atoms in total. The van der Waals surface area contributed by atoms with Crippen molar-refractivity contribution in [2.45, 2.75) is 37.0 Å². The van der Waals surface area contributed by atoms with Crippen LogP contribution in [-0.2, 0) is 0 Å². The molecular formula is C11H16BrN3S. The van der Waals surface area contributed by atoms with Gasteiger partial charge in [0.05, 0.1) is 0 Å². The molecule has 2 unspecified atom stereocenters. The minimum Gasteiger partial charge on any atom is -0.367 e. The zero-order valence-electron chi connectivity index (χ0n) is 9.32. The summed E-state index contributed by atoms with van der Waals surface area (Å²) in [4.78, 5) is 8.25. The summed E-state index contributed by atoms with van der Waals surface area (Å²) in [7, 11) is 0. The first-order chi connectivity index (χ1) is 7.78. The third kappa shape index (κ3) is 3.35. The van der Waals surface area contributed by atoms with Crippen LogP contribution in [-0.4, -0.2) is 27.5 Å². The summed E-state index contributed by atoms with van der Waals surface area (Å²) in [5.41, 5.74) is 0. The van der Waals surface area contributed by atoms with E-state index in [1.54, 1.807) is 6.33 Å². The number of aromatic nitrogens is 2. The van der Waals surface area contributed by atoms with E-state index in [2.05, 4.69) is 37.5 Å². The fourth-order valence-corrected chi connectivity index (χ4v) is 3.25. The highest BCUT2D eigenvalue weighted by atomic mass is 79.9. The lowest BCUT2D eigenvalue weighted by Gasteiger charge is -2.28. The van der Waals surface area contributed by atoms with Gasteiger partial charge in [-0.25, -0.2) is 9.97 Å². The molecule has 1 saturated carbocycles. The van der Waals surface area contributed by atoms with Crippen molar-refractivity contribution in [1.82, 2.24) is 9.97 Å². The summed E-state index contributed by atoms with van der Waals surface area (Å²) in [6.07, 6.45) is 8.94. The molecule has 0 spiro atoms. The Labute approximate surface area is 109 Å². The van der Waals surface area contributed by atoms with Gasteiger partial charge in [-0.3, -0.25) is 0 Å². The van der Waals surface area contributed by atoms with Crippen molar-refractivity contribution < 1.29 is 0 Å². The summed E-state index contributed by atoms with van der Waals surface area (Å²) < 4.78 is 0.835. The average molecular weight is 302 g/mol. The SMILES string of the molecule is CSC1CCCC(Nc2cc(Br)ncn2)C1. The van der Waals surface area contributed by atoms with Crippen LogP contribution in [0.5, 0.6) is 0 Å². The maximum absolute atomic E-state index is 4.23. The van der Waals surface area contributed by atoms with Crippen LogP contribution in [0.15, 0.2) is 17.0 Å². The van der Waals surface area contributed by atoms with Crippen molar-refractivity contribution in [3.63, 3.8) is 0 Å². The molecule has 0 saturated heterocycles. The minimum absolute atomic E-state index is 0.563. The lowest BCUT2D eigenvalue weighted by molar-refractivity contribution is 0.472. The molecule has 1 fully saturated rings. The average Bonchev–Trinajstić information content (AvgIpc) is 2.29. The van der Waals surface area contributed by atoms with Gasteiger partial charge >= 0.3 is 0 Å². The summed E-state index contributed by atoms with van der Waals surface area (Å²) in [6.45, 7) is 0. The van der Waals surface area contributed by atoms with Gasteiger partial charge in [0.1, 0.15) is 16.7 Å². The van der Waals surface area contributed by atoms with Gasteiger partial charge in [0.15, 0.2) is 0 Å². The summed E-state index contributed by atoms with van der Waals surface area (Å²) in [6, 6.07) is 2.50. The Kier molecular flexibility index (Phi) is 4.46. The fraction of sp³-hybridized carbons (Fsp3) is 0.636. The maximum Gasteiger partial charge on any atom is 0.130 e. The zero-order chi connectivity index (χ0) is 11.4. The molecule has 88 valence electrons. The van der Waals surface area contributed by atoms with E-state index in [4.69, 9.17) is 0 Å². The highest BCUT2D eigenvalue weighted by molar-refractivity contribution is 9.10. The first kappa shape index (κ1) is 12.2. The molecule has 1 aliphatic rings. The van der Waals surface area contributed by atoms with E-state index in [0.717, 1.165) is 15.7 Å². The number of thioether (sulfide) groups is 1. The predicted molar refractivity (Wildman–Crippen MR) is 72.9 cm³/mol. The molecule has 2 atom stereocenters. The second kappa shape index (κ2) is 5.87. The van der Waals surface area contributed by atoms with Crippen molar-refractivity contribution in [3.8, 4) is 0 Å². The zero-order valence-corrected chi connectivity index (χ0v) is 11.7. The van der Waals surface area contributed by atoms with Gasteiger partial charge in [0.25, 0.3) is 0 Å². The predicted octanol–water partition coefficient (Wildman–Crippen LogP) is 3.33. The highest BCUT2D eigenvalue weighted by Crippen LogP contribution is 2.28. The van der Waals surface area contributed by atoms with E-state index in [0.29, 0.717) is 6.04 Å². The maximum atomic E-state index is 4.23. The molecule has 16 heavy (non-hydrogen) atoms. The molecule has 1 N–H and O–H groups in total. The van der Waals surface area contributed by atoms with E-state index in [1.165, 1.54) is 25.7 Å². The fourth-order valence-electron chi connectivity index (χ4n) is 2.11. The first-order valence-corrected chi connectivity index (χ1v) is 7.63. The minimum atomic E-state index is 0.563. The van der Waals surface area contributed by atoms with Gasteiger partial charge in [0.2, 0.25) is 0 Å². The van der Waals surface area contributed by atoms with Crippen LogP contribution in [0.3, 0.4) is 0 Å². The normalized spacial score (nSPS) is 25.4. The lowest BCUT2D eigenvalue weighted by Crippen LogP contribution is -2.28. The van der Waals surface area contributed by atoms with Crippen LogP contribution >= 0.6 is 27.7 Å². The third-order valence-corrected chi connectivity index (χ3v) is 4.47. The Morgan fingerprint density at radius 3 is 3.06 bits per heavy atom. The lowest BCUT2D eigenvalue weighted by atomic mass is 9.95. The number of halogens is 1. The highest BCUT2D eigenvalue weighted by Gasteiger charge is 2.21. The Bertz CT molecular complexity index is 348. The summed E-state index contributed by atoms with van der Waals surface area (Å²) in [5.74, 6) is 0.925. The monoisotopic (exact) mass is 301 g/mol. The Hall–Kier alpha value is -0.290. The molecule has 1 aromatic heterocycles. The van der Waals surface area contributed by atoms with Crippen molar-refractivity contribution in [1.29, 1.82) is 0 Å². The van der Waals surface area contributed by atoms with E-state index < -0.39 is 0 Å².